The molecule has 0 aliphatic heterocycles. The maximum absolute atomic E-state index is 10.9. The van der Waals surface area contributed by atoms with E-state index < -0.39 is 4.92 Å². The van der Waals surface area contributed by atoms with Gasteiger partial charge in [0.1, 0.15) is 0 Å². The molecule has 0 aromatic carbocycles. The summed E-state index contributed by atoms with van der Waals surface area (Å²) in [6.07, 6.45) is 0. The molecular weight excluding hydrogens is 242 g/mol. The van der Waals surface area contributed by atoms with Gasteiger partial charge < -0.3 is 20.1 Å². The van der Waals surface area contributed by atoms with Crippen molar-refractivity contribution in [1.82, 2.24) is 15.3 Å². The molecule has 2 N–H and O–H groups in total. The van der Waals surface area contributed by atoms with Gasteiger partial charge in [0.15, 0.2) is 0 Å². The summed E-state index contributed by atoms with van der Waals surface area (Å²) in [5.74, 6) is -0.0674. The fourth-order valence-electron chi connectivity index (χ4n) is 1.23. The van der Waals surface area contributed by atoms with Crippen LogP contribution < -0.4 is 20.1 Å². The maximum atomic E-state index is 10.9. The molecule has 9 heteroatoms. The summed E-state index contributed by atoms with van der Waals surface area (Å²) < 4.78 is 9.74. The van der Waals surface area contributed by atoms with Crippen LogP contribution >= 0.6 is 0 Å². The third kappa shape index (κ3) is 3.17. The van der Waals surface area contributed by atoms with Gasteiger partial charge in [-0.3, -0.25) is 10.1 Å². The minimum atomic E-state index is -0.644. The van der Waals surface area contributed by atoms with Gasteiger partial charge in [0, 0.05) is 13.1 Å². The highest BCUT2D eigenvalue weighted by molar-refractivity contribution is 5.53. The molecule has 100 valence electrons. The van der Waals surface area contributed by atoms with Gasteiger partial charge >= 0.3 is 17.4 Å². The topological polar surface area (TPSA) is 111 Å². The number of nitrogens with zero attached hydrogens (tertiary/aromatic N) is 3. The van der Waals surface area contributed by atoms with Gasteiger partial charge in [0.05, 0.1) is 19.1 Å². The Hall–Kier alpha value is -2.16. The van der Waals surface area contributed by atoms with Gasteiger partial charge in [0.25, 0.3) is 0 Å². The van der Waals surface area contributed by atoms with Crippen molar-refractivity contribution in [3.63, 3.8) is 0 Å². The second kappa shape index (κ2) is 6.55. The fraction of sp³-hybridized carbons (Fsp3) is 0.556. The molecule has 0 radical (unpaired) electrons. The molecule has 0 aliphatic carbocycles. The van der Waals surface area contributed by atoms with Crippen LogP contribution in [0.1, 0.15) is 0 Å². The Morgan fingerprint density at radius 1 is 1.22 bits per heavy atom. The first kappa shape index (κ1) is 13.9. The van der Waals surface area contributed by atoms with Crippen LogP contribution in [0.25, 0.3) is 0 Å². The molecule has 0 saturated heterocycles. The van der Waals surface area contributed by atoms with E-state index in [4.69, 9.17) is 9.47 Å². The lowest BCUT2D eigenvalue weighted by Crippen LogP contribution is -2.19. The van der Waals surface area contributed by atoms with Crippen LogP contribution in [0.2, 0.25) is 0 Å². The lowest BCUT2D eigenvalue weighted by molar-refractivity contribution is -0.387. The molecule has 0 aliphatic rings. The molecule has 1 heterocycles. The molecule has 0 saturated carbocycles. The van der Waals surface area contributed by atoms with E-state index in [0.717, 1.165) is 0 Å². The van der Waals surface area contributed by atoms with Crippen molar-refractivity contribution in [3.8, 4) is 11.8 Å². The standard InChI is InChI=1S/C9H15N5O4/c1-10-4-5-11-9-12-7(17-2)6(14(15)16)8(13-9)18-3/h10H,4-5H2,1-3H3,(H,11,12,13). The second-order valence-electron chi connectivity index (χ2n) is 3.20. The van der Waals surface area contributed by atoms with Gasteiger partial charge in [-0.15, -0.1) is 0 Å². The van der Waals surface area contributed by atoms with E-state index in [2.05, 4.69) is 20.6 Å². The molecule has 0 amide bonds. The Bertz CT molecular complexity index is 400. The Kier molecular flexibility index (Phi) is 5.06. The Balaban J connectivity index is 3.06. The van der Waals surface area contributed by atoms with Crippen molar-refractivity contribution >= 4 is 11.6 Å². The number of hydrogen-bond acceptors (Lipinski definition) is 8. The monoisotopic (exact) mass is 257 g/mol. The molecule has 1 aromatic rings. The van der Waals surface area contributed by atoms with E-state index in [1.165, 1.54) is 14.2 Å². The van der Waals surface area contributed by atoms with E-state index in [9.17, 15) is 10.1 Å². The van der Waals surface area contributed by atoms with Crippen LogP contribution in [-0.2, 0) is 0 Å². The average molecular weight is 257 g/mol. The number of likely N-dealkylation sites (N-methyl/N-ethyl adjacent to an activating group) is 1. The summed E-state index contributed by atoms with van der Waals surface area (Å²) in [5.41, 5.74) is -0.390. The zero-order valence-electron chi connectivity index (χ0n) is 10.4. The molecule has 0 unspecified atom stereocenters. The van der Waals surface area contributed by atoms with E-state index in [1.807, 2.05) is 0 Å². The average Bonchev–Trinajstić information content (AvgIpc) is 2.37. The molecule has 9 nitrogen and oxygen atoms in total. The van der Waals surface area contributed by atoms with Crippen LogP contribution in [0.3, 0.4) is 0 Å². The van der Waals surface area contributed by atoms with Crippen molar-refractivity contribution in [1.29, 1.82) is 0 Å². The number of nitro groups is 1. The Morgan fingerprint density at radius 3 is 2.17 bits per heavy atom. The van der Waals surface area contributed by atoms with E-state index in [0.29, 0.717) is 13.1 Å². The van der Waals surface area contributed by atoms with E-state index in [1.54, 1.807) is 7.05 Å². The van der Waals surface area contributed by atoms with Gasteiger partial charge in [-0.25, -0.2) is 0 Å². The number of methoxy groups -OCH3 is 2. The zero-order chi connectivity index (χ0) is 13.5. The van der Waals surface area contributed by atoms with Crippen molar-refractivity contribution < 1.29 is 14.4 Å². The Labute approximate surface area is 104 Å². The van der Waals surface area contributed by atoms with E-state index >= 15 is 0 Å². The smallest absolute Gasteiger partial charge is 0.392 e. The van der Waals surface area contributed by atoms with Gasteiger partial charge in [-0.05, 0) is 7.05 Å². The summed E-state index contributed by atoms with van der Waals surface area (Å²) in [4.78, 5) is 18.0. The van der Waals surface area contributed by atoms with Gasteiger partial charge in [-0.2, -0.15) is 9.97 Å². The first-order chi connectivity index (χ1) is 8.63. The highest BCUT2D eigenvalue weighted by Gasteiger charge is 2.26. The van der Waals surface area contributed by atoms with E-state index in [-0.39, 0.29) is 23.4 Å². The van der Waals surface area contributed by atoms with Crippen molar-refractivity contribution in [2.45, 2.75) is 0 Å². The predicted octanol–water partition coefficient (Wildman–Crippen LogP) is 0.0333. The largest absolute Gasteiger partial charge is 0.476 e. The lowest BCUT2D eigenvalue weighted by Gasteiger charge is -2.08. The van der Waals surface area contributed by atoms with Gasteiger partial charge in [-0.1, -0.05) is 0 Å². The lowest BCUT2D eigenvalue weighted by atomic mass is 10.5. The molecule has 0 fully saturated rings. The van der Waals surface area contributed by atoms with Crippen LogP contribution in [0.4, 0.5) is 11.6 Å². The minimum absolute atomic E-state index is 0.140. The van der Waals surface area contributed by atoms with Crippen molar-refractivity contribution in [2.75, 3.05) is 39.7 Å². The molecule has 1 rings (SSSR count). The number of hydrogen-bond donors (Lipinski definition) is 2. The van der Waals surface area contributed by atoms with Crippen molar-refractivity contribution in [2.24, 2.45) is 0 Å². The normalized spacial score (nSPS) is 9.94. The summed E-state index contributed by atoms with van der Waals surface area (Å²) in [6, 6.07) is 0. The first-order valence-corrected chi connectivity index (χ1v) is 5.17. The molecule has 18 heavy (non-hydrogen) atoms. The first-order valence-electron chi connectivity index (χ1n) is 5.17. The molecular formula is C9H15N5O4. The number of ether oxygens (including phenoxy) is 2. The van der Waals surface area contributed by atoms with Crippen molar-refractivity contribution in [3.05, 3.63) is 10.1 Å². The molecule has 1 aromatic heterocycles. The SMILES string of the molecule is CNCCNc1nc(OC)c([N+](=O)[O-])c(OC)n1. The third-order valence-electron chi connectivity index (χ3n) is 2.05. The quantitative estimate of drug-likeness (QED) is 0.400. The maximum Gasteiger partial charge on any atom is 0.392 e. The van der Waals surface area contributed by atoms with Crippen LogP contribution in [0.15, 0.2) is 0 Å². The predicted molar refractivity (Wildman–Crippen MR) is 64.2 cm³/mol. The van der Waals surface area contributed by atoms with Crippen LogP contribution in [0.5, 0.6) is 11.8 Å². The zero-order valence-corrected chi connectivity index (χ0v) is 10.4. The number of anilines is 1. The number of aromatic nitrogens is 2. The fourth-order valence-corrected chi connectivity index (χ4v) is 1.23. The summed E-state index contributed by atoms with van der Waals surface area (Å²) >= 11 is 0. The Morgan fingerprint density at radius 2 is 1.78 bits per heavy atom. The highest BCUT2D eigenvalue weighted by Crippen LogP contribution is 2.34. The van der Waals surface area contributed by atoms with Crippen LogP contribution in [-0.4, -0.2) is 49.2 Å². The summed E-state index contributed by atoms with van der Waals surface area (Å²) in [6.45, 7) is 1.27. The molecule has 0 atom stereocenters. The number of rotatable bonds is 7. The highest BCUT2D eigenvalue weighted by atomic mass is 16.6. The third-order valence-corrected chi connectivity index (χ3v) is 2.05. The number of nitrogens with one attached hydrogen (secondary N) is 2. The molecule has 0 bridgehead atoms. The van der Waals surface area contributed by atoms with Gasteiger partial charge in [0.2, 0.25) is 5.95 Å². The second-order valence-corrected chi connectivity index (χ2v) is 3.20. The summed E-state index contributed by atoms with van der Waals surface area (Å²) in [7, 11) is 4.40. The summed E-state index contributed by atoms with van der Waals surface area (Å²) in [5, 5.41) is 16.7. The molecule has 0 spiro atoms. The van der Waals surface area contributed by atoms with Crippen LogP contribution in [0, 0.1) is 10.1 Å². The minimum Gasteiger partial charge on any atom is -0.476 e.